The monoisotopic (exact) mass is 230 g/mol. The van der Waals surface area contributed by atoms with E-state index < -0.39 is 0 Å². The molecular weight excluding hydrogens is 208 g/mol. The van der Waals surface area contributed by atoms with Gasteiger partial charge in [-0.3, -0.25) is 4.90 Å². The molecule has 1 saturated carbocycles. The first-order chi connectivity index (χ1) is 8.39. The summed E-state index contributed by atoms with van der Waals surface area (Å²) in [7, 11) is 0. The summed E-state index contributed by atoms with van der Waals surface area (Å²) in [6.07, 6.45) is 4.16. The fourth-order valence-electron chi connectivity index (χ4n) is 3.23. The number of rotatable bonds is 3. The minimum atomic E-state index is 0.471. The van der Waals surface area contributed by atoms with Crippen LogP contribution in [0, 0.1) is 0 Å². The second kappa shape index (κ2) is 4.79. The second-order valence-corrected chi connectivity index (χ2v) is 5.53. The summed E-state index contributed by atoms with van der Waals surface area (Å²) in [5.41, 5.74) is 2.03. The van der Waals surface area contributed by atoms with Crippen molar-refractivity contribution in [3.05, 3.63) is 35.9 Å². The highest BCUT2D eigenvalue weighted by atomic mass is 15.2. The van der Waals surface area contributed by atoms with Gasteiger partial charge in [0.25, 0.3) is 0 Å². The van der Waals surface area contributed by atoms with Gasteiger partial charge in [-0.25, -0.2) is 0 Å². The molecule has 0 bridgehead atoms. The first kappa shape index (κ1) is 11.2. The van der Waals surface area contributed by atoms with E-state index in [1.807, 2.05) is 0 Å². The molecule has 0 amide bonds. The van der Waals surface area contributed by atoms with Gasteiger partial charge < -0.3 is 5.32 Å². The number of hydrogen-bond acceptors (Lipinski definition) is 2. The van der Waals surface area contributed by atoms with Gasteiger partial charge >= 0.3 is 0 Å². The van der Waals surface area contributed by atoms with Crippen molar-refractivity contribution >= 4 is 0 Å². The molecule has 0 unspecified atom stereocenters. The van der Waals surface area contributed by atoms with Crippen LogP contribution in [0.25, 0.3) is 0 Å². The van der Waals surface area contributed by atoms with Crippen molar-refractivity contribution in [3.8, 4) is 0 Å². The van der Waals surface area contributed by atoms with E-state index in [4.69, 9.17) is 0 Å². The lowest BCUT2D eigenvalue weighted by Gasteiger charge is -2.46. The molecule has 2 fully saturated rings. The van der Waals surface area contributed by atoms with Crippen LogP contribution in [-0.4, -0.2) is 37.6 Å². The van der Waals surface area contributed by atoms with Crippen LogP contribution in [-0.2, 0) is 5.41 Å². The summed E-state index contributed by atoms with van der Waals surface area (Å²) < 4.78 is 0. The molecule has 1 saturated heterocycles. The lowest BCUT2D eigenvalue weighted by Crippen LogP contribution is -2.51. The van der Waals surface area contributed by atoms with Crippen LogP contribution in [0.2, 0.25) is 0 Å². The van der Waals surface area contributed by atoms with Crippen molar-refractivity contribution in [1.82, 2.24) is 10.2 Å². The SMILES string of the molecule is c1ccc(C2(CN3CCNCC3)CCC2)cc1. The van der Waals surface area contributed by atoms with E-state index in [1.54, 1.807) is 5.56 Å². The average Bonchev–Trinajstić information content (AvgIpc) is 2.36. The second-order valence-electron chi connectivity index (χ2n) is 5.53. The Bertz CT molecular complexity index is 350. The maximum atomic E-state index is 3.43. The first-order valence-electron chi connectivity index (χ1n) is 6.88. The summed E-state index contributed by atoms with van der Waals surface area (Å²) in [5.74, 6) is 0. The van der Waals surface area contributed by atoms with Crippen LogP contribution in [0.15, 0.2) is 30.3 Å². The summed E-state index contributed by atoms with van der Waals surface area (Å²) in [5, 5.41) is 3.43. The van der Waals surface area contributed by atoms with Gasteiger partial charge in [0.1, 0.15) is 0 Å². The molecular formula is C15H22N2. The maximum absolute atomic E-state index is 3.43. The molecule has 1 aromatic rings. The Morgan fingerprint density at radius 1 is 1.06 bits per heavy atom. The molecule has 0 atom stereocenters. The Balaban J connectivity index is 1.73. The fraction of sp³-hybridized carbons (Fsp3) is 0.600. The zero-order valence-corrected chi connectivity index (χ0v) is 10.5. The topological polar surface area (TPSA) is 15.3 Å². The van der Waals surface area contributed by atoms with E-state index >= 15 is 0 Å². The summed E-state index contributed by atoms with van der Waals surface area (Å²) >= 11 is 0. The van der Waals surface area contributed by atoms with Crippen LogP contribution < -0.4 is 5.32 Å². The van der Waals surface area contributed by atoms with Crippen LogP contribution >= 0.6 is 0 Å². The lowest BCUT2D eigenvalue weighted by molar-refractivity contribution is 0.128. The molecule has 0 aromatic heterocycles. The normalized spacial score (nSPS) is 24.2. The lowest BCUT2D eigenvalue weighted by atomic mass is 9.64. The van der Waals surface area contributed by atoms with E-state index in [-0.39, 0.29) is 0 Å². The molecule has 92 valence electrons. The molecule has 0 spiro atoms. The molecule has 17 heavy (non-hydrogen) atoms. The molecule has 2 nitrogen and oxygen atoms in total. The largest absolute Gasteiger partial charge is 0.314 e. The van der Waals surface area contributed by atoms with Gasteiger partial charge in [-0.15, -0.1) is 0 Å². The number of piperazine rings is 1. The number of nitrogens with one attached hydrogen (secondary N) is 1. The predicted molar refractivity (Wildman–Crippen MR) is 71.3 cm³/mol. The van der Waals surface area contributed by atoms with Crippen molar-refractivity contribution in [2.75, 3.05) is 32.7 Å². The van der Waals surface area contributed by atoms with Gasteiger partial charge in [0, 0.05) is 38.1 Å². The number of nitrogens with zero attached hydrogens (tertiary/aromatic N) is 1. The van der Waals surface area contributed by atoms with Crippen LogP contribution in [0.5, 0.6) is 0 Å². The van der Waals surface area contributed by atoms with Crippen LogP contribution in [0.3, 0.4) is 0 Å². The van der Waals surface area contributed by atoms with Crippen LogP contribution in [0.4, 0.5) is 0 Å². The minimum absolute atomic E-state index is 0.471. The zero-order valence-electron chi connectivity index (χ0n) is 10.5. The first-order valence-corrected chi connectivity index (χ1v) is 6.88. The molecule has 1 heterocycles. The Morgan fingerprint density at radius 2 is 1.76 bits per heavy atom. The van der Waals surface area contributed by atoms with Crippen molar-refractivity contribution in [2.45, 2.75) is 24.7 Å². The van der Waals surface area contributed by atoms with Gasteiger partial charge in [-0.05, 0) is 18.4 Å². The minimum Gasteiger partial charge on any atom is -0.314 e. The summed E-state index contributed by atoms with van der Waals surface area (Å²) in [4.78, 5) is 2.64. The molecule has 3 rings (SSSR count). The standard InChI is InChI=1S/C15H22N2/c1-2-5-14(6-3-1)15(7-4-8-15)13-17-11-9-16-10-12-17/h1-3,5-6,16H,4,7-13H2. The Labute approximate surface area is 104 Å². The van der Waals surface area contributed by atoms with E-state index in [0.717, 1.165) is 13.1 Å². The molecule has 1 aromatic carbocycles. The third kappa shape index (κ3) is 2.24. The highest BCUT2D eigenvalue weighted by molar-refractivity contribution is 5.28. The van der Waals surface area contributed by atoms with E-state index in [2.05, 4.69) is 40.5 Å². The quantitative estimate of drug-likeness (QED) is 0.854. The predicted octanol–water partition coefficient (Wildman–Crippen LogP) is 2.01. The van der Waals surface area contributed by atoms with Gasteiger partial charge in [0.05, 0.1) is 0 Å². The van der Waals surface area contributed by atoms with E-state index in [1.165, 1.54) is 38.9 Å². The highest BCUT2D eigenvalue weighted by Crippen LogP contribution is 2.44. The smallest absolute Gasteiger partial charge is 0.0108 e. The Morgan fingerprint density at radius 3 is 2.35 bits per heavy atom. The third-order valence-corrected chi connectivity index (χ3v) is 4.43. The number of benzene rings is 1. The maximum Gasteiger partial charge on any atom is 0.0108 e. The van der Waals surface area contributed by atoms with E-state index in [9.17, 15) is 0 Å². The van der Waals surface area contributed by atoms with Crippen molar-refractivity contribution in [1.29, 1.82) is 0 Å². The van der Waals surface area contributed by atoms with Crippen LogP contribution in [0.1, 0.15) is 24.8 Å². The van der Waals surface area contributed by atoms with Crippen molar-refractivity contribution in [2.24, 2.45) is 0 Å². The zero-order chi connectivity index (χ0) is 11.6. The molecule has 2 aliphatic rings. The van der Waals surface area contributed by atoms with Crippen molar-refractivity contribution in [3.63, 3.8) is 0 Å². The molecule has 1 aliphatic carbocycles. The average molecular weight is 230 g/mol. The summed E-state index contributed by atoms with van der Waals surface area (Å²) in [6, 6.07) is 11.1. The Kier molecular flexibility index (Phi) is 3.17. The Hall–Kier alpha value is -0.860. The van der Waals surface area contributed by atoms with E-state index in [0.29, 0.717) is 5.41 Å². The number of hydrogen-bond donors (Lipinski definition) is 1. The highest BCUT2D eigenvalue weighted by Gasteiger charge is 2.39. The molecule has 1 aliphatic heterocycles. The van der Waals surface area contributed by atoms with Gasteiger partial charge in [0.15, 0.2) is 0 Å². The molecule has 1 N–H and O–H groups in total. The molecule has 0 radical (unpaired) electrons. The van der Waals surface area contributed by atoms with Gasteiger partial charge in [-0.2, -0.15) is 0 Å². The van der Waals surface area contributed by atoms with Crippen molar-refractivity contribution < 1.29 is 0 Å². The summed E-state index contributed by atoms with van der Waals surface area (Å²) in [6.45, 7) is 6.01. The fourth-order valence-corrected chi connectivity index (χ4v) is 3.23. The van der Waals surface area contributed by atoms with Gasteiger partial charge in [0.2, 0.25) is 0 Å². The van der Waals surface area contributed by atoms with Gasteiger partial charge in [-0.1, -0.05) is 36.8 Å². The third-order valence-electron chi connectivity index (χ3n) is 4.43. The molecule has 2 heteroatoms.